The summed E-state index contributed by atoms with van der Waals surface area (Å²) >= 11 is 3.46. The Kier molecular flexibility index (Phi) is 4.34. The smallest absolute Gasteiger partial charge is 0.244 e. The van der Waals surface area contributed by atoms with Crippen LogP contribution in [0.5, 0.6) is 11.5 Å². The van der Waals surface area contributed by atoms with Gasteiger partial charge in [-0.05, 0) is 29.8 Å². The molecule has 1 heterocycles. The number of carbonyl (C=O) groups excluding carboxylic acids is 1. The summed E-state index contributed by atoms with van der Waals surface area (Å²) in [6.07, 6.45) is 0.233. The van der Waals surface area contributed by atoms with Crippen LogP contribution in [0.1, 0.15) is 16.7 Å². The van der Waals surface area contributed by atoms with Crippen molar-refractivity contribution in [1.82, 2.24) is 5.43 Å². The van der Waals surface area contributed by atoms with Gasteiger partial charge in [0.2, 0.25) is 5.91 Å². The predicted octanol–water partition coefficient (Wildman–Crippen LogP) is 2.89. The minimum absolute atomic E-state index is 0.163. The highest BCUT2D eigenvalue weighted by atomic mass is 79.9. The molecule has 0 aromatic heterocycles. The van der Waals surface area contributed by atoms with E-state index in [1.165, 1.54) is 0 Å². The summed E-state index contributed by atoms with van der Waals surface area (Å²) in [5.74, 6) is 1.03. The lowest BCUT2D eigenvalue weighted by molar-refractivity contribution is -0.120. The third-order valence-corrected chi connectivity index (χ3v) is 4.10. The van der Waals surface area contributed by atoms with Gasteiger partial charge in [-0.3, -0.25) is 4.79 Å². The molecule has 0 radical (unpaired) electrons. The standard InChI is InChI=1S/C17H15BrN2O3/c1-22-14-7-11-8-16(21)19-20-17(13(11)9-15(14)23-2)10-4-3-5-12(18)6-10/h3-7,9H,8H2,1-2H3,(H,19,21). The van der Waals surface area contributed by atoms with Gasteiger partial charge in [-0.1, -0.05) is 28.1 Å². The van der Waals surface area contributed by atoms with Crippen molar-refractivity contribution < 1.29 is 14.3 Å². The van der Waals surface area contributed by atoms with E-state index in [9.17, 15) is 4.79 Å². The lowest BCUT2D eigenvalue weighted by atomic mass is 9.95. The third-order valence-electron chi connectivity index (χ3n) is 3.61. The molecule has 0 bridgehead atoms. The summed E-state index contributed by atoms with van der Waals surface area (Å²) in [6, 6.07) is 11.4. The molecule has 1 aliphatic rings. The van der Waals surface area contributed by atoms with Crippen molar-refractivity contribution >= 4 is 27.5 Å². The summed E-state index contributed by atoms with van der Waals surface area (Å²) in [4.78, 5) is 11.9. The van der Waals surface area contributed by atoms with Gasteiger partial charge in [0.1, 0.15) is 0 Å². The van der Waals surface area contributed by atoms with E-state index in [1.807, 2.05) is 36.4 Å². The number of hydrazone groups is 1. The van der Waals surface area contributed by atoms with Crippen molar-refractivity contribution in [2.24, 2.45) is 5.10 Å². The molecule has 118 valence electrons. The molecule has 0 unspecified atom stereocenters. The van der Waals surface area contributed by atoms with E-state index in [2.05, 4.69) is 26.5 Å². The molecule has 1 aliphatic heterocycles. The lowest BCUT2D eigenvalue weighted by Gasteiger charge is -2.14. The van der Waals surface area contributed by atoms with Gasteiger partial charge in [-0.15, -0.1) is 0 Å². The highest BCUT2D eigenvalue weighted by Crippen LogP contribution is 2.33. The zero-order valence-corrected chi connectivity index (χ0v) is 14.3. The number of carbonyl (C=O) groups is 1. The number of hydrogen-bond donors (Lipinski definition) is 1. The Hall–Kier alpha value is -2.34. The quantitative estimate of drug-likeness (QED) is 0.898. The third kappa shape index (κ3) is 3.07. The number of amides is 1. The largest absolute Gasteiger partial charge is 0.493 e. The molecule has 1 amide bonds. The van der Waals surface area contributed by atoms with Crippen LogP contribution in [0.15, 0.2) is 46.0 Å². The lowest BCUT2D eigenvalue weighted by Crippen LogP contribution is -2.18. The Balaban J connectivity index is 2.21. The minimum Gasteiger partial charge on any atom is -0.493 e. The van der Waals surface area contributed by atoms with Gasteiger partial charge in [0, 0.05) is 15.6 Å². The van der Waals surface area contributed by atoms with Gasteiger partial charge in [-0.25, -0.2) is 5.43 Å². The molecule has 0 spiro atoms. The van der Waals surface area contributed by atoms with Crippen LogP contribution in [0, 0.1) is 0 Å². The first-order chi connectivity index (χ1) is 11.1. The van der Waals surface area contributed by atoms with Gasteiger partial charge in [-0.2, -0.15) is 5.10 Å². The normalized spacial score (nSPS) is 13.5. The zero-order chi connectivity index (χ0) is 16.4. The maximum atomic E-state index is 11.9. The van der Waals surface area contributed by atoms with Crippen LogP contribution in [0.4, 0.5) is 0 Å². The fourth-order valence-electron chi connectivity index (χ4n) is 2.53. The summed E-state index contributed by atoms with van der Waals surface area (Å²) < 4.78 is 11.7. The Labute approximate surface area is 142 Å². The first-order valence-electron chi connectivity index (χ1n) is 7.00. The maximum Gasteiger partial charge on any atom is 0.244 e. The molecule has 5 nitrogen and oxygen atoms in total. The second-order valence-electron chi connectivity index (χ2n) is 5.05. The van der Waals surface area contributed by atoms with Crippen molar-refractivity contribution in [3.8, 4) is 11.5 Å². The summed E-state index contributed by atoms with van der Waals surface area (Å²) in [6.45, 7) is 0. The van der Waals surface area contributed by atoms with Gasteiger partial charge >= 0.3 is 0 Å². The monoisotopic (exact) mass is 374 g/mol. The van der Waals surface area contributed by atoms with Gasteiger partial charge < -0.3 is 9.47 Å². The molecule has 2 aromatic rings. The SMILES string of the molecule is COc1cc2c(cc1OC)C(c1cccc(Br)c1)=NNC(=O)C2. The number of halogens is 1. The van der Waals surface area contributed by atoms with Crippen molar-refractivity contribution in [1.29, 1.82) is 0 Å². The Bertz CT molecular complexity index is 802. The molecule has 3 rings (SSSR count). The van der Waals surface area contributed by atoms with Crippen LogP contribution in [0.2, 0.25) is 0 Å². The van der Waals surface area contributed by atoms with E-state index >= 15 is 0 Å². The molecule has 0 fully saturated rings. The molecule has 6 heteroatoms. The first kappa shape index (κ1) is 15.6. The Morgan fingerprint density at radius 1 is 1.13 bits per heavy atom. The van der Waals surface area contributed by atoms with Crippen molar-refractivity contribution in [2.75, 3.05) is 14.2 Å². The molecule has 0 atom stereocenters. The Morgan fingerprint density at radius 2 is 1.87 bits per heavy atom. The van der Waals surface area contributed by atoms with E-state index in [0.717, 1.165) is 21.2 Å². The molecule has 2 aromatic carbocycles. The molecule has 0 saturated carbocycles. The number of benzene rings is 2. The molecule has 23 heavy (non-hydrogen) atoms. The van der Waals surface area contributed by atoms with Crippen molar-refractivity contribution in [3.05, 3.63) is 57.6 Å². The average molecular weight is 375 g/mol. The van der Waals surface area contributed by atoms with Gasteiger partial charge in [0.05, 0.1) is 26.4 Å². The Morgan fingerprint density at radius 3 is 2.57 bits per heavy atom. The van der Waals surface area contributed by atoms with Crippen LogP contribution in [0.25, 0.3) is 0 Å². The fraction of sp³-hybridized carbons (Fsp3) is 0.176. The average Bonchev–Trinajstić information content (AvgIpc) is 2.71. The number of ether oxygens (including phenoxy) is 2. The van der Waals surface area contributed by atoms with Crippen LogP contribution >= 0.6 is 15.9 Å². The minimum atomic E-state index is -0.163. The van der Waals surface area contributed by atoms with E-state index in [1.54, 1.807) is 14.2 Å². The molecule has 1 N–H and O–H groups in total. The second-order valence-corrected chi connectivity index (χ2v) is 5.96. The first-order valence-corrected chi connectivity index (χ1v) is 7.79. The topological polar surface area (TPSA) is 59.9 Å². The molecular formula is C17H15BrN2O3. The van der Waals surface area contributed by atoms with E-state index in [0.29, 0.717) is 17.2 Å². The van der Waals surface area contributed by atoms with Gasteiger partial charge in [0.15, 0.2) is 11.5 Å². The van der Waals surface area contributed by atoms with Crippen LogP contribution in [-0.4, -0.2) is 25.8 Å². The summed E-state index contributed by atoms with van der Waals surface area (Å²) in [5.41, 5.74) is 5.86. The number of fused-ring (bicyclic) bond motifs is 1. The van der Waals surface area contributed by atoms with Gasteiger partial charge in [0.25, 0.3) is 0 Å². The van der Waals surface area contributed by atoms with Crippen molar-refractivity contribution in [3.63, 3.8) is 0 Å². The highest BCUT2D eigenvalue weighted by Gasteiger charge is 2.21. The summed E-state index contributed by atoms with van der Waals surface area (Å²) in [7, 11) is 3.16. The number of methoxy groups -OCH3 is 2. The molecule has 0 aliphatic carbocycles. The maximum absolute atomic E-state index is 11.9. The number of nitrogens with zero attached hydrogens (tertiary/aromatic N) is 1. The van der Waals surface area contributed by atoms with Crippen LogP contribution in [0.3, 0.4) is 0 Å². The second kappa shape index (κ2) is 6.42. The number of hydrogen-bond acceptors (Lipinski definition) is 4. The van der Waals surface area contributed by atoms with E-state index < -0.39 is 0 Å². The van der Waals surface area contributed by atoms with Crippen LogP contribution in [-0.2, 0) is 11.2 Å². The predicted molar refractivity (Wildman–Crippen MR) is 91.2 cm³/mol. The number of nitrogens with one attached hydrogen (secondary N) is 1. The highest BCUT2D eigenvalue weighted by molar-refractivity contribution is 9.10. The zero-order valence-electron chi connectivity index (χ0n) is 12.7. The molecule has 0 saturated heterocycles. The summed E-state index contributed by atoms with van der Waals surface area (Å²) in [5, 5.41) is 4.29. The van der Waals surface area contributed by atoms with Crippen molar-refractivity contribution in [2.45, 2.75) is 6.42 Å². The molecular weight excluding hydrogens is 360 g/mol. The van der Waals surface area contributed by atoms with Crippen LogP contribution < -0.4 is 14.9 Å². The number of rotatable bonds is 3. The van der Waals surface area contributed by atoms with E-state index in [4.69, 9.17) is 9.47 Å². The van der Waals surface area contributed by atoms with E-state index in [-0.39, 0.29) is 12.3 Å². The fourth-order valence-corrected chi connectivity index (χ4v) is 2.93.